The minimum atomic E-state index is -0.267. The van der Waals surface area contributed by atoms with E-state index in [9.17, 15) is 0 Å². The fourth-order valence-corrected chi connectivity index (χ4v) is 11.9. The molecule has 4 heteroatoms. The Kier molecular flexibility index (Phi) is 9.81. The minimum Gasteiger partial charge on any atom is -1.00 e. The number of halogens is 2. The molecule has 0 saturated carbocycles. The maximum Gasteiger partial charge on any atom is -1.00 e. The summed E-state index contributed by atoms with van der Waals surface area (Å²) in [5, 5.41) is 0. The van der Waals surface area contributed by atoms with Gasteiger partial charge in [-0.1, -0.05) is 0 Å². The summed E-state index contributed by atoms with van der Waals surface area (Å²) in [6, 6.07) is 0. The van der Waals surface area contributed by atoms with Crippen LogP contribution in [0.15, 0.2) is 21.1 Å². The molecule has 0 unspecified atom stereocenters. The van der Waals surface area contributed by atoms with Gasteiger partial charge < -0.3 is 24.8 Å². The van der Waals surface area contributed by atoms with E-state index in [-0.39, 0.29) is 51.8 Å². The fraction of sp³-hybridized carbons (Fsp3) is 0.500. The topological polar surface area (TPSA) is 0 Å². The number of allylic oxidation sites excluding steroid dienone is 4. The van der Waals surface area contributed by atoms with E-state index in [1.54, 1.807) is 0 Å². The standard InChI is InChI=1S/C6H7.C2H6Si.2ClH.Hf/c1-6-4-2-3-5-6;1-3-2;;;/h4-5H,2H2,1H3;1-2H3;2*1H;/q;;;;+2/p-2. The van der Waals surface area contributed by atoms with E-state index in [1.807, 2.05) is 3.33 Å². The van der Waals surface area contributed by atoms with Crippen molar-refractivity contribution in [3.05, 3.63) is 21.1 Å². The summed E-state index contributed by atoms with van der Waals surface area (Å²) < 4.78 is 1.84. The van der Waals surface area contributed by atoms with Gasteiger partial charge in [-0.3, -0.25) is 0 Å². The number of hydrogen-bond donors (Lipinski definition) is 0. The van der Waals surface area contributed by atoms with Crippen molar-refractivity contribution in [3.63, 3.8) is 0 Å². The van der Waals surface area contributed by atoms with Crippen molar-refractivity contribution >= 4 is 5.49 Å². The summed E-state index contributed by atoms with van der Waals surface area (Å²) in [6.45, 7) is 7.14. The maximum atomic E-state index is 2.46. The molecule has 0 aromatic carbocycles. The van der Waals surface area contributed by atoms with Crippen LogP contribution in [0.4, 0.5) is 0 Å². The van der Waals surface area contributed by atoms with Crippen LogP contribution in [0.2, 0.25) is 13.1 Å². The van der Waals surface area contributed by atoms with Crippen molar-refractivity contribution in [2.45, 2.75) is 26.4 Å². The monoisotopic (exact) mass is 387 g/mol. The SMILES string of the molecule is CC1=CC[C]([Hf+2]=[Si](C)C)=C1.[Cl-].[Cl-]. The van der Waals surface area contributed by atoms with Crippen LogP contribution < -0.4 is 24.8 Å². The van der Waals surface area contributed by atoms with Gasteiger partial charge in [-0.25, -0.2) is 0 Å². The third-order valence-electron chi connectivity index (χ3n) is 1.46. The predicted octanol–water partition coefficient (Wildman–Crippen LogP) is -3.44. The molecule has 0 N–H and O–H groups in total. The molecule has 0 atom stereocenters. The van der Waals surface area contributed by atoms with E-state index in [2.05, 4.69) is 32.2 Å². The molecule has 0 fully saturated rings. The summed E-state index contributed by atoms with van der Waals surface area (Å²) in [7, 11) is 0. The molecule has 12 heavy (non-hydrogen) atoms. The average molecular weight is 387 g/mol. The van der Waals surface area contributed by atoms with Crippen LogP contribution >= 0.6 is 0 Å². The molecular weight excluding hydrogens is 374 g/mol. The second-order valence-corrected chi connectivity index (χ2v) is 21.0. The zero-order chi connectivity index (χ0) is 7.56. The number of rotatable bonds is 1. The van der Waals surface area contributed by atoms with Crippen molar-refractivity contribution < 1.29 is 46.3 Å². The molecule has 0 nitrogen and oxygen atoms in total. The van der Waals surface area contributed by atoms with Crippen molar-refractivity contribution in [1.29, 1.82) is 0 Å². The zero-order valence-electron chi connectivity index (χ0n) is 7.62. The van der Waals surface area contributed by atoms with Crippen LogP contribution in [0.25, 0.3) is 0 Å². The van der Waals surface area contributed by atoms with Crippen LogP contribution in [-0.4, -0.2) is 5.49 Å². The largest absolute Gasteiger partial charge is 1.00 e. The summed E-state index contributed by atoms with van der Waals surface area (Å²) in [5.74, 6) is 0. The minimum absolute atomic E-state index is 0. The van der Waals surface area contributed by atoms with E-state index in [4.69, 9.17) is 0 Å². The van der Waals surface area contributed by atoms with Crippen molar-refractivity contribution in [3.8, 4) is 0 Å². The van der Waals surface area contributed by atoms with Gasteiger partial charge in [0.1, 0.15) is 0 Å². The van der Waals surface area contributed by atoms with Gasteiger partial charge in [0.2, 0.25) is 0 Å². The Hall–Kier alpha value is 1.15. The molecule has 0 aliphatic heterocycles. The molecule has 0 aromatic heterocycles. The second kappa shape index (κ2) is 7.54. The van der Waals surface area contributed by atoms with E-state index in [1.165, 1.54) is 12.0 Å². The molecule has 1 rings (SSSR count). The van der Waals surface area contributed by atoms with Crippen LogP contribution in [0, 0.1) is 0 Å². The van der Waals surface area contributed by atoms with Gasteiger partial charge in [-0.05, 0) is 0 Å². The second-order valence-electron chi connectivity index (χ2n) is 2.95. The van der Waals surface area contributed by atoms with Crippen LogP contribution in [0.5, 0.6) is 0 Å². The van der Waals surface area contributed by atoms with Gasteiger partial charge in [0.15, 0.2) is 0 Å². The third-order valence-corrected chi connectivity index (χ3v) is 12.4. The van der Waals surface area contributed by atoms with E-state index in [0.717, 1.165) is 0 Å². The fourth-order valence-electron chi connectivity index (χ4n) is 1.07. The van der Waals surface area contributed by atoms with Gasteiger partial charge in [-0.15, -0.1) is 0 Å². The molecule has 0 radical (unpaired) electrons. The Balaban J connectivity index is 0. The molecule has 0 heterocycles. The summed E-state index contributed by atoms with van der Waals surface area (Å²) >= 11 is -0.267. The maximum absolute atomic E-state index is 2.46. The molecule has 0 amide bonds. The van der Waals surface area contributed by atoms with Gasteiger partial charge in [0.25, 0.3) is 0 Å². The normalized spacial score (nSPS) is 13.2. The van der Waals surface area contributed by atoms with Gasteiger partial charge in [0.05, 0.1) is 0 Å². The smallest absolute Gasteiger partial charge is 1.00 e. The van der Waals surface area contributed by atoms with Gasteiger partial charge in [-0.2, -0.15) is 0 Å². The molecule has 0 saturated heterocycles. The summed E-state index contributed by atoms with van der Waals surface area (Å²) in [5.41, 5.74) is 1.66. The van der Waals surface area contributed by atoms with E-state index < -0.39 is 0 Å². The first-order valence-corrected chi connectivity index (χ1v) is 13.3. The average Bonchev–Trinajstić information content (AvgIpc) is 2.13. The zero-order valence-corrected chi connectivity index (χ0v) is 13.7. The van der Waals surface area contributed by atoms with Crippen LogP contribution in [0.3, 0.4) is 0 Å². The quantitative estimate of drug-likeness (QED) is 0.412. The molecular formula is C8H13Cl2HfSi. The Morgan fingerprint density at radius 1 is 1.33 bits per heavy atom. The van der Waals surface area contributed by atoms with Crippen LogP contribution in [-0.2, 0) is 21.5 Å². The Labute approximate surface area is 98.6 Å². The molecule has 0 spiro atoms. The van der Waals surface area contributed by atoms with E-state index >= 15 is 0 Å². The molecule has 1 aliphatic carbocycles. The Morgan fingerprint density at radius 2 is 1.92 bits per heavy atom. The molecule has 1 aliphatic rings. The molecule has 0 aromatic rings. The Bertz CT molecular complexity index is 227. The molecule has 67 valence electrons. The van der Waals surface area contributed by atoms with Crippen LogP contribution in [0.1, 0.15) is 13.3 Å². The van der Waals surface area contributed by atoms with Crippen molar-refractivity contribution in [1.82, 2.24) is 0 Å². The first kappa shape index (κ1) is 15.6. The van der Waals surface area contributed by atoms with Gasteiger partial charge >= 0.3 is 74.5 Å². The third kappa shape index (κ3) is 5.73. The predicted molar refractivity (Wildman–Crippen MR) is 43.9 cm³/mol. The van der Waals surface area contributed by atoms with Crippen molar-refractivity contribution in [2.75, 3.05) is 0 Å². The van der Waals surface area contributed by atoms with Gasteiger partial charge in [0, 0.05) is 0 Å². The summed E-state index contributed by atoms with van der Waals surface area (Å²) in [4.78, 5) is 0. The Morgan fingerprint density at radius 3 is 2.25 bits per heavy atom. The molecule has 0 bridgehead atoms. The first-order chi connectivity index (χ1) is 4.68. The van der Waals surface area contributed by atoms with Crippen molar-refractivity contribution in [2.24, 2.45) is 0 Å². The summed E-state index contributed by atoms with van der Waals surface area (Å²) in [6.07, 6.45) is 6.11. The van der Waals surface area contributed by atoms with E-state index in [0.29, 0.717) is 0 Å². The number of hydrogen-bond acceptors (Lipinski definition) is 0. The first-order valence-electron chi connectivity index (χ1n) is 3.63.